The second kappa shape index (κ2) is 8.19. The van der Waals surface area contributed by atoms with Crippen molar-refractivity contribution in [1.82, 2.24) is 0 Å². The fraction of sp³-hybridized carbons (Fsp3) is 0.400. The van der Waals surface area contributed by atoms with Crippen molar-refractivity contribution in [3.05, 3.63) is 23.2 Å². The zero-order chi connectivity index (χ0) is 12.6. The van der Waals surface area contributed by atoms with E-state index in [1.54, 1.807) is 0 Å². The molecular weight excluding hydrogens is 255 g/mol. The highest BCUT2D eigenvalue weighted by Gasteiger charge is 2.09. The summed E-state index contributed by atoms with van der Waals surface area (Å²) in [7, 11) is 0. The van der Waals surface area contributed by atoms with Crippen LogP contribution in [0, 0.1) is 0 Å². The van der Waals surface area contributed by atoms with E-state index in [9.17, 15) is 9.59 Å². The molecule has 0 N–H and O–H groups in total. The quantitative estimate of drug-likeness (QED) is 0.664. The lowest BCUT2D eigenvalue weighted by Crippen LogP contribution is -2.11. The van der Waals surface area contributed by atoms with Gasteiger partial charge in [-0.05, 0) is 0 Å². The molecule has 0 rings (SSSR count). The summed E-state index contributed by atoms with van der Waals surface area (Å²) in [5.74, 6) is -1.08. The van der Waals surface area contributed by atoms with Crippen LogP contribution >= 0.6 is 23.2 Å². The summed E-state index contributed by atoms with van der Waals surface area (Å²) in [5, 5.41) is 0.434. The van der Waals surface area contributed by atoms with Crippen LogP contribution in [0.5, 0.6) is 0 Å². The number of hydrogen-bond donors (Lipinski definition) is 0. The molecule has 0 aliphatic carbocycles. The molecule has 0 fully saturated rings. The fourth-order valence-electron chi connectivity index (χ4n) is 0.666. The average Bonchev–Trinajstić information content (AvgIpc) is 2.20. The molecule has 16 heavy (non-hydrogen) atoms. The Morgan fingerprint density at radius 3 is 1.44 bits per heavy atom. The zero-order valence-electron chi connectivity index (χ0n) is 8.63. The summed E-state index contributed by atoms with van der Waals surface area (Å²) >= 11 is 10.8. The van der Waals surface area contributed by atoms with Crippen molar-refractivity contribution >= 4 is 35.1 Å². The fourth-order valence-corrected chi connectivity index (χ4v) is 0.775. The van der Waals surface area contributed by atoms with Gasteiger partial charge in [0.15, 0.2) is 0 Å². The van der Waals surface area contributed by atoms with E-state index in [0.717, 1.165) is 0 Å². The third-order valence-corrected chi connectivity index (χ3v) is 1.53. The third kappa shape index (κ3) is 9.55. The maximum absolute atomic E-state index is 11.0. The van der Waals surface area contributed by atoms with Crippen molar-refractivity contribution in [2.24, 2.45) is 0 Å². The minimum absolute atomic E-state index is 0.0616. The summed E-state index contributed by atoms with van der Waals surface area (Å²) < 4.78 is 9.32. The minimum atomic E-state index is -0.538. The van der Waals surface area contributed by atoms with E-state index in [0.29, 0.717) is 0 Å². The number of rotatable bonds is 7. The van der Waals surface area contributed by atoms with Crippen molar-refractivity contribution in [3.8, 4) is 0 Å². The Bertz CT molecular complexity index is 269. The summed E-state index contributed by atoms with van der Waals surface area (Å²) in [6.07, 6.45) is -0.143. The van der Waals surface area contributed by atoms with Gasteiger partial charge in [-0.25, -0.2) is 0 Å². The predicted octanol–water partition coefficient (Wildman–Crippen LogP) is 2.36. The highest BCUT2D eigenvalue weighted by atomic mass is 35.5. The minimum Gasteiger partial charge on any atom is -0.460 e. The molecule has 0 saturated heterocycles. The summed E-state index contributed by atoms with van der Waals surface area (Å²) in [5.41, 5.74) is 0. The molecule has 0 radical (unpaired) electrons. The Kier molecular flexibility index (Phi) is 7.68. The first-order valence-electron chi connectivity index (χ1n) is 4.39. The van der Waals surface area contributed by atoms with E-state index in [-0.39, 0.29) is 36.1 Å². The van der Waals surface area contributed by atoms with Crippen LogP contribution in [0.3, 0.4) is 0 Å². The van der Waals surface area contributed by atoms with Crippen LogP contribution < -0.4 is 0 Å². The van der Waals surface area contributed by atoms with E-state index in [2.05, 4.69) is 22.6 Å². The van der Waals surface area contributed by atoms with E-state index in [4.69, 9.17) is 23.2 Å². The Balaban J connectivity index is 3.63. The number of ether oxygens (including phenoxy) is 2. The molecule has 0 aliphatic rings. The normalized spacial score (nSPS) is 9.38. The van der Waals surface area contributed by atoms with Gasteiger partial charge in [0.2, 0.25) is 0 Å². The van der Waals surface area contributed by atoms with Crippen molar-refractivity contribution in [3.63, 3.8) is 0 Å². The van der Waals surface area contributed by atoms with Crippen LogP contribution in [0.15, 0.2) is 23.2 Å². The molecule has 0 spiro atoms. The number of hydrogen-bond acceptors (Lipinski definition) is 4. The monoisotopic (exact) mass is 266 g/mol. The largest absolute Gasteiger partial charge is 0.460 e. The van der Waals surface area contributed by atoms with E-state index in [1.165, 1.54) is 0 Å². The zero-order valence-corrected chi connectivity index (χ0v) is 10.1. The average molecular weight is 267 g/mol. The predicted molar refractivity (Wildman–Crippen MR) is 61.1 cm³/mol. The Hall–Kier alpha value is -1.00. The third-order valence-electron chi connectivity index (χ3n) is 1.31. The van der Waals surface area contributed by atoms with Crippen molar-refractivity contribution in [1.29, 1.82) is 0 Å². The first-order valence-corrected chi connectivity index (χ1v) is 5.15. The first-order chi connectivity index (χ1) is 7.41. The molecular formula is C10H12Cl2O4. The van der Waals surface area contributed by atoms with Gasteiger partial charge in [0.05, 0.1) is 12.8 Å². The molecule has 90 valence electrons. The maximum atomic E-state index is 11.0. The van der Waals surface area contributed by atoms with Crippen molar-refractivity contribution < 1.29 is 19.1 Å². The molecule has 0 aromatic heterocycles. The van der Waals surface area contributed by atoms with Crippen LogP contribution in [0.25, 0.3) is 0 Å². The SMILES string of the molecule is C=C(Cl)COC(=O)CCC(=O)OCC(=C)Cl. The standard InChI is InChI=1S/C10H12Cl2O4/c1-7(11)5-15-9(13)3-4-10(14)16-6-8(2)12/h1-6H2. The molecule has 0 unspecified atom stereocenters. The number of esters is 2. The van der Waals surface area contributed by atoms with Crippen molar-refractivity contribution in [2.75, 3.05) is 13.2 Å². The van der Waals surface area contributed by atoms with Gasteiger partial charge in [-0.2, -0.15) is 0 Å². The molecule has 0 bridgehead atoms. The number of carbonyl (C=O) groups is 2. The molecule has 0 amide bonds. The van der Waals surface area contributed by atoms with Gasteiger partial charge < -0.3 is 9.47 Å². The second-order valence-corrected chi connectivity index (χ2v) is 3.92. The van der Waals surface area contributed by atoms with Gasteiger partial charge in [-0.1, -0.05) is 36.4 Å². The molecule has 0 aliphatic heterocycles. The highest BCUT2D eigenvalue weighted by Crippen LogP contribution is 2.02. The van der Waals surface area contributed by atoms with Gasteiger partial charge in [0, 0.05) is 10.1 Å². The van der Waals surface area contributed by atoms with Crippen LogP contribution in [0.1, 0.15) is 12.8 Å². The lowest BCUT2D eigenvalue weighted by Gasteiger charge is -2.04. The molecule has 0 heterocycles. The van der Waals surface area contributed by atoms with E-state index >= 15 is 0 Å². The number of carbonyl (C=O) groups excluding carboxylic acids is 2. The van der Waals surface area contributed by atoms with Crippen LogP contribution in [0.4, 0.5) is 0 Å². The Morgan fingerprint density at radius 2 is 1.19 bits per heavy atom. The van der Waals surface area contributed by atoms with Gasteiger partial charge in [-0.15, -0.1) is 0 Å². The van der Waals surface area contributed by atoms with Crippen LogP contribution in [-0.2, 0) is 19.1 Å². The Morgan fingerprint density at radius 1 is 0.875 bits per heavy atom. The lowest BCUT2D eigenvalue weighted by molar-refractivity contribution is -0.149. The molecule has 0 aromatic carbocycles. The molecule has 0 saturated carbocycles. The molecule has 4 nitrogen and oxygen atoms in total. The van der Waals surface area contributed by atoms with E-state index < -0.39 is 11.9 Å². The lowest BCUT2D eigenvalue weighted by atomic mass is 10.3. The van der Waals surface area contributed by atoms with Crippen LogP contribution in [-0.4, -0.2) is 25.2 Å². The maximum Gasteiger partial charge on any atom is 0.306 e. The van der Waals surface area contributed by atoms with Gasteiger partial charge >= 0.3 is 11.9 Å². The van der Waals surface area contributed by atoms with Crippen LogP contribution in [0.2, 0.25) is 0 Å². The molecule has 0 aromatic rings. The smallest absolute Gasteiger partial charge is 0.306 e. The van der Waals surface area contributed by atoms with E-state index in [1.807, 2.05) is 0 Å². The first kappa shape index (κ1) is 15.0. The topological polar surface area (TPSA) is 52.6 Å². The summed E-state index contributed by atoms with van der Waals surface area (Å²) in [6.45, 7) is 6.56. The highest BCUT2D eigenvalue weighted by molar-refractivity contribution is 6.29. The van der Waals surface area contributed by atoms with Gasteiger partial charge in [0.25, 0.3) is 0 Å². The number of halogens is 2. The van der Waals surface area contributed by atoms with Gasteiger partial charge in [0.1, 0.15) is 13.2 Å². The Labute approximate surface area is 104 Å². The summed E-state index contributed by atoms with van der Waals surface area (Å²) in [6, 6.07) is 0. The van der Waals surface area contributed by atoms with Crippen molar-refractivity contribution in [2.45, 2.75) is 12.8 Å². The summed E-state index contributed by atoms with van der Waals surface area (Å²) in [4.78, 5) is 22.0. The molecule has 0 atom stereocenters. The molecule has 6 heteroatoms. The van der Waals surface area contributed by atoms with Gasteiger partial charge in [-0.3, -0.25) is 9.59 Å². The second-order valence-electron chi connectivity index (χ2n) is 2.86.